The molecule has 0 saturated carbocycles. The lowest BCUT2D eigenvalue weighted by Gasteiger charge is -2.06. The molecule has 5 heteroatoms. The van der Waals surface area contributed by atoms with Crippen molar-refractivity contribution in [1.29, 1.82) is 0 Å². The van der Waals surface area contributed by atoms with Crippen molar-refractivity contribution in [2.45, 2.75) is 33.2 Å². The van der Waals surface area contributed by atoms with E-state index in [1.165, 1.54) is 10.4 Å². The minimum atomic E-state index is 0.846. The summed E-state index contributed by atoms with van der Waals surface area (Å²) in [6.07, 6.45) is 4.08. The van der Waals surface area contributed by atoms with Crippen LogP contribution in [0.2, 0.25) is 0 Å². The van der Waals surface area contributed by atoms with E-state index in [0.717, 1.165) is 42.4 Å². The zero-order chi connectivity index (χ0) is 14.7. The predicted octanol–water partition coefficient (Wildman–Crippen LogP) is 3.93. The van der Waals surface area contributed by atoms with E-state index in [1.54, 1.807) is 11.3 Å². The summed E-state index contributed by atoms with van der Waals surface area (Å²) in [6.45, 7) is 6.03. The van der Waals surface area contributed by atoms with Crippen LogP contribution in [-0.4, -0.2) is 21.1 Å². The van der Waals surface area contributed by atoms with Crippen molar-refractivity contribution in [2.75, 3.05) is 11.9 Å². The number of hydrogen-bond donors (Lipinski definition) is 1. The molecule has 2 heterocycles. The number of aromatic nitrogens is 3. The van der Waals surface area contributed by atoms with Crippen LogP contribution in [0.1, 0.15) is 31.0 Å². The molecule has 2 aromatic heterocycles. The third-order valence-corrected chi connectivity index (χ3v) is 4.34. The summed E-state index contributed by atoms with van der Waals surface area (Å²) in [5, 5.41) is 4.26. The summed E-state index contributed by atoms with van der Waals surface area (Å²) in [7, 11) is 0. The average Bonchev–Trinajstić information content (AvgIpc) is 3.06. The highest BCUT2D eigenvalue weighted by Crippen LogP contribution is 2.23. The number of imidazole rings is 1. The van der Waals surface area contributed by atoms with Crippen LogP contribution in [0.4, 0.5) is 5.13 Å². The monoisotopic (exact) mass is 300 g/mol. The molecule has 1 aromatic carbocycles. The Morgan fingerprint density at radius 1 is 1.24 bits per heavy atom. The van der Waals surface area contributed by atoms with Gasteiger partial charge in [0.25, 0.3) is 0 Å². The fraction of sp³-hybridized carbons (Fsp3) is 0.375. The Bertz CT molecular complexity index is 729. The van der Waals surface area contributed by atoms with Gasteiger partial charge in [-0.15, -0.1) is 11.3 Å². The molecule has 0 spiro atoms. The highest BCUT2D eigenvalue weighted by molar-refractivity contribution is 7.15. The van der Waals surface area contributed by atoms with Gasteiger partial charge in [-0.1, -0.05) is 19.1 Å². The van der Waals surface area contributed by atoms with Crippen molar-refractivity contribution < 1.29 is 0 Å². The number of para-hydroxylation sites is 2. The zero-order valence-corrected chi connectivity index (χ0v) is 13.3. The smallest absolute Gasteiger partial charge is 0.182 e. The first-order valence-electron chi connectivity index (χ1n) is 7.44. The average molecular weight is 300 g/mol. The molecule has 1 N–H and O–H groups in total. The van der Waals surface area contributed by atoms with Gasteiger partial charge in [-0.2, -0.15) is 0 Å². The molecule has 0 aliphatic carbocycles. The molecule has 0 saturated heterocycles. The summed E-state index contributed by atoms with van der Waals surface area (Å²) < 4.78 is 2.32. The predicted molar refractivity (Wildman–Crippen MR) is 89.1 cm³/mol. The summed E-state index contributed by atoms with van der Waals surface area (Å²) in [6, 6.07) is 8.35. The minimum Gasteiger partial charge on any atom is -0.362 e. The Kier molecular flexibility index (Phi) is 4.20. The van der Waals surface area contributed by atoms with E-state index in [9.17, 15) is 0 Å². The zero-order valence-electron chi connectivity index (χ0n) is 12.5. The summed E-state index contributed by atoms with van der Waals surface area (Å²) in [5.74, 6) is 1.16. The number of thiazole rings is 1. The fourth-order valence-corrected chi connectivity index (χ4v) is 3.35. The summed E-state index contributed by atoms with van der Waals surface area (Å²) in [5.41, 5.74) is 2.29. The first-order chi connectivity index (χ1) is 10.3. The van der Waals surface area contributed by atoms with E-state index in [1.807, 2.05) is 12.3 Å². The van der Waals surface area contributed by atoms with Crippen molar-refractivity contribution >= 4 is 27.5 Å². The van der Waals surface area contributed by atoms with Gasteiger partial charge < -0.3 is 9.88 Å². The first kappa shape index (κ1) is 14.1. The van der Waals surface area contributed by atoms with Gasteiger partial charge in [-0.05, 0) is 25.5 Å². The van der Waals surface area contributed by atoms with Crippen molar-refractivity contribution in [1.82, 2.24) is 14.5 Å². The van der Waals surface area contributed by atoms with Crippen LogP contribution < -0.4 is 5.32 Å². The fourth-order valence-electron chi connectivity index (χ4n) is 2.49. The van der Waals surface area contributed by atoms with Crippen LogP contribution in [-0.2, 0) is 13.0 Å². The molecule has 0 aliphatic rings. The Labute approximate surface area is 128 Å². The van der Waals surface area contributed by atoms with Crippen LogP contribution in [0, 0.1) is 0 Å². The first-order valence-corrected chi connectivity index (χ1v) is 8.26. The molecule has 110 valence electrons. The van der Waals surface area contributed by atoms with Crippen molar-refractivity contribution in [3.63, 3.8) is 0 Å². The highest BCUT2D eigenvalue weighted by atomic mass is 32.1. The normalized spacial score (nSPS) is 11.1. The Balaban J connectivity index is 1.95. The number of fused-ring (bicyclic) bond motifs is 1. The summed E-state index contributed by atoms with van der Waals surface area (Å²) in [4.78, 5) is 10.4. The SMILES string of the molecule is CCCc1nc2ccccc2n1Cc1cnc(NCC)s1. The largest absolute Gasteiger partial charge is 0.362 e. The second kappa shape index (κ2) is 6.26. The number of rotatable bonds is 6. The van der Waals surface area contributed by atoms with Gasteiger partial charge in [-0.3, -0.25) is 0 Å². The molecule has 0 amide bonds. The lowest BCUT2D eigenvalue weighted by atomic mass is 10.3. The van der Waals surface area contributed by atoms with Crippen molar-refractivity contribution in [2.24, 2.45) is 0 Å². The van der Waals surface area contributed by atoms with E-state index < -0.39 is 0 Å². The van der Waals surface area contributed by atoms with Gasteiger partial charge in [0.2, 0.25) is 0 Å². The van der Waals surface area contributed by atoms with E-state index in [-0.39, 0.29) is 0 Å². The Morgan fingerprint density at radius 2 is 2.10 bits per heavy atom. The molecule has 0 radical (unpaired) electrons. The number of aryl methyl sites for hydroxylation is 1. The molecule has 0 bridgehead atoms. The Hall–Kier alpha value is -1.88. The maximum Gasteiger partial charge on any atom is 0.182 e. The third kappa shape index (κ3) is 2.93. The van der Waals surface area contributed by atoms with Gasteiger partial charge in [0.1, 0.15) is 5.82 Å². The number of anilines is 1. The van der Waals surface area contributed by atoms with Crippen LogP contribution in [0.5, 0.6) is 0 Å². The molecule has 3 rings (SSSR count). The van der Waals surface area contributed by atoms with E-state index >= 15 is 0 Å². The number of nitrogens with one attached hydrogen (secondary N) is 1. The minimum absolute atomic E-state index is 0.846. The maximum atomic E-state index is 4.77. The van der Waals surface area contributed by atoms with Gasteiger partial charge in [0.05, 0.1) is 17.6 Å². The lowest BCUT2D eigenvalue weighted by molar-refractivity contribution is 0.727. The molecule has 0 fully saturated rings. The standard InChI is InChI=1S/C16H20N4S/c1-3-7-15-19-13-8-5-6-9-14(13)20(15)11-12-10-18-16(21-12)17-4-2/h5-6,8-10H,3-4,7,11H2,1-2H3,(H,17,18). The molecule has 3 aromatic rings. The summed E-state index contributed by atoms with van der Waals surface area (Å²) >= 11 is 1.72. The molecular formula is C16H20N4S. The molecular weight excluding hydrogens is 280 g/mol. The van der Waals surface area contributed by atoms with Crippen molar-refractivity contribution in [3.05, 3.63) is 41.2 Å². The number of benzene rings is 1. The molecule has 0 unspecified atom stereocenters. The van der Waals surface area contributed by atoms with Gasteiger partial charge in [0.15, 0.2) is 5.13 Å². The Morgan fingerprint density at radius 3 is 2.90 bits per heavy atom. The topological polar surface area (TPSA) is 42.7 Å². The second-order valence-electron chi connectivity index (χ2n) is 5.01. The number of hydrogen-bond acceptors (Lipinski definition) is 4. The van der Waals surface area contributed by atoms with Gasteiger partial charge in [0, 0.05) is 24.0 Å². The van der Waals surface area contributed by atoms with E-state index in [2.05, 4.69) is 46.9 Å². The lowest BCUT2D eigenvalue weighted by Crippen LogP contribution is -2.04. The van der Waals surface area contributed by atoms with Crippen molar-refractivity contribution in [3.8, 4) is 0 Å². The molecule has 21 heavy (non-hydrogen) atoms. The second-order valence-corrected chi connectivity index (χ2v) is 6.13. The maximum absolute atomic E-state index is 4.77. The van der Waals surface area contributed by atoms with E-state index in [4.69, 9.17) is 4.98 Å². The van der Waals surface area contributed by atoms with E-state index in [0.29, 0.717) is 0 Å². The number of nitrogens with zero attached hydrogens (tertiary/aromatic N) is 3. The third-order valence-electron chi connectivity index (χ3n) is 3.40. The van der Waals surface area contributed by atoms with Gasteiger partial charge >= 0.3 is 0 Å². The van der Waals surface area contributed by atoms with Gasteiger partial charge in [-0.25, -0.2) is 9.97 Å². The highest BCUT2D eigenvalue weighted by Gasteiger charge is 2.11. The van der Waals surface area contributed by atoms with Crippen LogP contribution in [0.25, 0.3) is 11.0 Å². The van der Waals surface area contributed by atoms with Crippen LogP contribution >= 0.6 is 11.3 Å². The molecule has 0 aliphatic heterocycles. The molecule has 4 nitrogen and oxygen atoms in total. The molecule has 0 atom stereocenters. The van der Waals surface area contributed by atoms with Crippen LogP contribution in [0.3, 0.4) is 0 Å². The van der Waals surface area contributed by atoms with Crippen LogP contribution in [0.15, 0.2) is 30.5 Å². The quantitative estimate of drug-likeness (QED) is 0.750.